The highest BCUT2D eigenvalue weighted by Gasteiger charge is 2.25. The summed E-state index contributed by atoms with van der Waals surface area (Å²) in [7, 11) is 0. The highest BCUT2D eigenvalue weighted by Crippen LogP contribution is 2.32. The van der Waals surface area contributed by atoms with E-state index in [4.69, 9.17) is 0 Å². The van der Waals surface area contributed by atoms with Crippen molar-refractivity contribution in [2.24, 2.45) is 0 Å². The maximum atomic E-state index is 4.62. The normalized spacial score (nSPS) is 17.6. The van der Waals surface area contributed by atoms with Gasteiger partial charge in [0.2, 0.25) is 0 Å². The topological polar surface area (TPSA) is 44.8 Å². The van der Waals surface area contributed by atoms with Crippen molar-refractivity contribution in [2.75, 3.05) is 19.6 Å². The number of nitrogens with zero attached hydrogens (tertiary/aromatic N) is 3. The Morgan fingerprint density at radius 2 is 1.97 bits per heavy atom. The molecule has 0 saturated carbocycles. The zero-order valence-electron chi connectivity index (χ0n) is 16.6. The van der Waals surface area contributed by atoms with E-state index >= 15 is 0 Å². The molecular weight excluding hydrogens is 356 g/mol. The van der Waals surface area contributed by atoms with Gasteiger partial charge in [-0.15, -0.1) is 0 Å². The number of pyridine rings is 1. The van der Waals surface area contributed by atoms with Crippen LogP contribution in [0.5, 0.6) is 0 Å². The fourth-order valence-corrected chi connectivity index (χ4v) is 4.53. The Balaban J connectivity index is 1.27. The molecule has 5 rings (SSSR count). The van der Waals surface area contributed by atoms with Crippen LogP contribution in [-0.4, -0.2) is 39.7 Å². The van der Waals surface area contributed by atoms with Crippen molar-refractivity contribution < 1.29 is 0 Å². The van der Waals surface area contributed by atoms with Gasteiger partial charge in [-0.3, -0.25) is 10.1 Å². The zero-order chi connectivity index (χ0) is 19.5. The van der Waals surface area contributed by atoms with Crippen LogP contribution >= 0.6 is 0 Å². The van der Waals surface area contributed by atoms with Crippen LogP contribution in [0.2, 0.25) is 0 Å². The molecule has 4 aromatic rings. The molecule has 146 valence electrons. The van der Waals surface area contributed by atoms with E-state index in [0.29, 0.717) is 5.92 Å². The number of nitrogens with one attached hydrogen (secondary N) is 1. The van der Waals surface area contributed by atoms with Crippen molar-refractivity contribution >= 4 is 10.8 Å². The molecule has 1 atom stereocenters. The van der Waals surface area contributed by atoms with E-state index in [1.165, 1.54) is 47.0 Å². The first kappa shape index (κ1) is 18.1. The second kappa shape index (κ2) is 8.18. The molecule has 0 aliphatic carbocycles. The summed E-state index contributed by atoms with van der Waals surface area (Å²) in [6.07, 6.45) is 9.27. The van der Waals surface area contributed by atoms with Crippen LogP contribution in [0.15, 0.2) is 73.2 Å². The van der Waals surface area contributed by atoms with Crippen LogP contribution in [0.4, 0.5) is 0 Å². The van der Waals surface area contributed by atoms with E-state index in [-0.39, 0.29) is 0 Å². The van der Waals surface area contributed by atoms with Gasteiger partial charge in [0.1, 0.15) is 0 Å². The Kier molecular flexibility index (Phi) is 5.10. The number of H-pyrrole nitrogens is 1. The largest absolute Gasteiger partial charge is 0.302 e. The Bertz CT molecular complexity index is 1090. The molecule has 4 nitrogen and oxygen atoms in total. The fourth-order valence-electron chi connectivity index (χ4n) is 4.53. The molecule has 0 amide bonds. The Morgan fingerprint density at radius 1 is 1.03 bits per heavy atom. The first-order chi connectivity index (χ1) is 14.4. The first-order valence-corrected chi connectivity index (χ1v) is 10.5. The van der Waals surface area contributed by atoms with Gasteiger partial charge < -0.3 is 4.90 Å². The van der Waals surface area contributed by atoms with Crippen molar-refractivity contribution in [3.05, 3.63) is 84.4 Å². The van der Waals surface area contributed by atoms with E-state index in [1.807, 2.05) is 24.7 Å². The van der Waals surface area contributed by atoms with E-state index in [9.17, 15) is 0 Å². The molecule has 3 heterocycles. The third kappa shape index (κ3) is 3.94. The van der Waals surface area contributed by atoms with Gasteiger partial charge in [-0.2, -0.15) is 5.10 Å². The van der Waals surface area contributed by atoms with Crippen LogP contribution < -0.4 is 0 Å². The summed E-state index contributed by atoms with van der Waals surface area (Å²) in [6, 6.07) is 19.6. The molecule has 1 N–H and O–H groups in total. The second-order valence-electron chi connectivity index (χ2n) is 8.00. The number of benzene rings is 2. The summed E-state index contributed by atoms with van der Waals surface area (Å²) in [5.41, 5.74) is 4.94. The number of rotatable bonds is 5. The number of piperidine rings is 1. The lowest BCUT2D eigenvalue weighted by Gasteiger charge is -2.32. The monoisotopic (exact) mass is 382 g/mol. The second-order valence-corrected chi connectivity index (χ2v) is 8.00. The molecule has 2 aromatic carbocycles. The number of aromatic amines is 1. The van der Waals surface area contributed by atoms with E-state index in [1.54, 1.807) is 0 Å². The van der Waals surface area contributed by atoms with E-state index < -0.39 is 0 Å². The average molecular weight is 383 g/mol. The van der Waals surface area contributed by atoms with Crippen LogP contribution in [-0.2, 0) is 6.42 Å². The zero-order valence-corrected chi connectivity index (χ0v) is 16.6. The minimum Gasteiger partial charge on any atom is -0.302 e. The Labute approximate surface area is 171 Å². The SMILES string of the molecule is c1cncc(-c2c[nH]nc2C2CCCN(CCc3ccc4ccccc4c3)C2)c1. The average Bonchev–Trinajstić information content (AvgIpc) is 3.28. The summed E-state index contributed by atoms with van der Waals surface area (Å²) < 4.78 is 0. The molecule has 1 aliphatic heterocycles. The number of fused-ring (bicyclic) bond motifs is 1. The minimum atomic E-state index is 0.474. The van der Waals surface area contributed by atoms with Gasteiger partial charge in [-0.1, -0.05) is 48.5 Å². The lowest BCUT2D eigenvalue weighted by molar-refractivity contribution is 0.208. The van der Waals surface area contributed by atoms with E-state index in [2.05, 4.69) is 68.6 Å². The van der Waals surface area contributed by atoms with Gasteiger partial charge in [0.05, 0.1) is 5.69 Å². The summed E-state index contributed by atoms with van der Waals surface area (Å²) in [5, 5.41) is 10.4. The summed E-state index contributed by atoms with van der Waals surface area (Å²) in [5.74, 6) is 0.474. The van der Waals surface area contributed by atoms with Crippen LogP contribution in [0.1, 0.15) is 30.0 Å². The molecule has 29 heavy (non-hydrogen) atoms. The van der Waals surface area contributed by atoms with Crippen molar-refractivity contribution in [1.29, 1.82) is 0 Å². The number of likely N-dealkylation sites (tertiary alicyclic amines) is 1. The molecule has 1 unspecified atom stereocenters. The Hall–Kier alpha value is -2.98. The fraction of sp³-hybridized carbons (Fsp3) is 0.280. The smallest absolute Gasteiger partial charge is 0.0744 e. The standard InChI is InChI=1S/C25H26N4/c1-2-6-21-15-19(9-10-20(21)5-1)11-14-29-13-4-8-23(18-29)25-24(17-27-28-25)22-7-3-12-26-16-22/h1-3,5-7,9-10,12,15-17,23H,4,8,11,13-14,18H2,(H,27,28). The van der Waals surface area contributed by atoms with Gasteiger partial charge in [0.25, 0.3) is 0 Å². The van der Waals surface area contributed by atoms with Gasteiger partial charge in [-0.25, -0.2) is 0 Å². The van der Waals surface area contributed by atoms with Crippen molar-refractivity contribution in [3.63, 3.8) is 0 Å². The molecule has 1 saturated heterocycles. The number of aromatic nitrogens is 3. The molecule has 2 aromatic heterocycles. The molecule has 0 spiro atoms. The van der Waals surface area contributed by atoms with Gasteiger partial charge in [-0.05, 0) is 48.2 Å². The van der Waals surface area contributed by atoms with Gasteiger partial charge in [0.15, 0.2) is 0 Å². The molecular formula is C25H26N4. The first-order valence-electron chi connectivity index (χ1n) is 10.5. The van der Waals surface area contributed by atoms with Crippen LogP contribution in [0, 0.1) is 0 Å². The third-order valence-corrected chi connectivity index (χ3v) is 6.07. The van der Waals surface area contributed by atoms with Crippen LogP contribution in [0.3, 0.4) is 0 Å². The van der Waals surface area contributed by atoms with Crippen molar-refractivity contribution in [2.45, 2.75) is 25.2 Å². The Morgan fingerprint density at radius 3 is 2.86 bits per heavy atom. The minimum absolute atomic E-state index is 0.474. The molecule has 1 fully saturated rings. The summed E-state index contributed by atoms with van der Waals surface area (Å²) in [6.45, 7) is 3.35. The highest BCUT2D eigenvalue weighted by molar-refractivity contribution is 5.83. The quantitative estimate of drug-likeness (QED) is 0.525. The number of hydrogen-bond acceptors (Lipinski definition) is 3. The van der Waals surface area contributed by atoms with Crippen LogP contribution in [0.25, 0.3) is 21.9 Å². The third-order valence-electron chi connectivity index (χ3n) is 6.07. The molecule has 4 heteroatoms. The predicted octanol–water partition coefficient (Wildman–Crippen LogP) is 5.05. The molecule has 0 bridgehead atoms. The molecule has 0 radical (unpaired) electrons. The highest BCUT2D eigenvalue weighted by atomic mass is 15.1. The number of hydrogen-bond donors (Lipinski definition) is 1. The lowest BCUT2D eigenvalue weighted by atomic mass is 9.90. The van der Waals surface area contributed by atoms with Gasteiger partial charge >= 0.3 is 0 Å². The van der Waals surface area contributed by atoms with Crippen molar-refractivity contribution in [1.82, 2.24) is 20.1 Å². The molecule has 1 aliphatic rings. The van der Waals surface area contributed by atoms with Crippen molar-refractivity contribution in [3.8, 4) is 11.1 Å². The van der Waals surface area contributed by atoms with E-state index in [0.717, 1.165) is 25.1 Å². The predicted molar refractivity (Wildman–Crippen MR) is 118 cm³/mol. The summed E-state index contributed by atoms with van der Waals surface area (Å²) in [4.78, 5) is 6.88. The maximum Gasteiger partial charge on any atom is 0.0744 e. The maximum absolute atomic E-state index is 4.62. The lowest BCUT2D eigenvalue weighted by Crippen LogP contribution is -2.36. The summed E-state index contributed by atoms with van der Waals surface area (Å²) >= 11 is 0. The van der Waals surface area contributed by atoms with Gasteiger partial charge in [0, 0.05) is 48.7 Å².